The third-order valence-corrected chi connectivity index (χ3v) is 9.94. The number of amides is 8. The second kappa shape index (κ2) is 27.0. The number of nitrogens with two attached hydrogens (primary N) is 2. The van der Waals surface area contributed by atoms with Gasteiger partial charge in [0.1, 0.15) is 23.9 Å². The molecule has 0 bridgehead atoms. The number of hydrogen-bond donors (Lipinski definition) is 11. The van der Waals surface area contributed by atoms with Gasteiger partial charge in [-0.1, -0.05) is 35.9 Å². The van der Waals surface area contributed by atoms with Crippen molar-refractivity contribution in [3.05, 3.63) is 112 Å². The van der Waals surface area contributed by atoms with Crippen LogP contribution in [0.4, 0.5) is 32.0 Å². The Morgan fingerprint density at radius 3 is 1.64 bits per heavy atom. The van der Waals surface area contributed by atoms with E-state index in [2.05, 4.69) is 31.9 Å². The molecule has 0 aromatic heterocycles. The van der Waals surface area contributed by atoms with E-state index >= 15 is 0 Å². The number of anilines is 1. The van der Waals surface area contributed by atoms with Crippen molar-refractivity contribution in [3.63, 3.8) is 0 Å². The molecule has 0 aliphatic carbocycles. The number of rotatable bonds is 26. The van der Waals surface area contributed by atoms with Crippen molar-refractivity contribution in [2.75, 3.05) is 31.5 Å². The summed E-state index contributed by atoms with van der Waals surface area (Å²) in [5, 5.41) is 27.0. The lowest BCUT2D eigenvalue weighted by atomic mass is 10.0. The van der Waals surface area contributed by atoms with Crippen molar-refractivity contribution in [3.8, 4) is 0 Å². The number of allylic oxidation sites excluding steroid dienone is 1. The summed E-state index contributed by atoms with van der Waals surface area (Å²) in [5.74, 6) is -22.9. The minimum absolute atomic E-state index is 0.128. The fourth-order valence-electron chi connectivity index (χ4n) is 6.06. The van der Waals surface area contributed by atoms with Gasteiger partial charge in [-0.15, -0.1) is 0 Å². The Hall–Kier alpha value is -8.19. The van der Waals surface area contributed by atoms with Crippen molar-refractivity contribution >= 4 is 58.9 Å². The lowest BCUT2D eigenvalue weighted by Gasteiger charge is -2.24. The predicted octanol–water partition coefficient (Wildman–Crippen LogP) is -0.0334. The van der Waals surface area contributed by atoms with Gasteiger partial charge in [0, 0.05) is 36.9 Å². The van der Waals surface area contributed by atoms with Gasteiger partial charge in [0.2, 0.25) is 53.1 Å². The summed E-state index contributed by atoms with van der Waals surface area (Å²) in [5.41, 5.74) is 11.6. The highest BCUT2D eigenvalue weighted by molar-refractivity contribution is 5.95. The fourth-order valence-corrected chi connectivity index (χ4v) is 6.06. The van der Waals surface area contributed by atoms with Gasteiger partial charge in [0.05, 0.1) is 32.0 Å². The zero-order valence-electron chi connectivity index (χ0n) is 37.5. The van der Waals surface area contributed by atoms with E-state index in [1.165, 1.54) is 18.2 Å². The molecule has 0 heterocycles. The first-order chi connectivity index (χ1) is 33.0. The zero-order chi connectivity index (χ0) is 52.2. The zero-order valence-corrected chi connectivity index (χ0v) is 37.5. The van der Waals surface area contributed by atoms with Crippen molar-refractivity contribution in [2.24, 2.45) is 11.5 Å². The minimum Gasteiger partial charge on any atom is -0.481 e. The van der Waals surface area contributed by atoms with Crippen LogP contribution >= 0.6 is 0 Å². The maximum Gasteiger partial charge on any atom is 0.303 e. The molecule has 0 saturated carbocycles. The normalized spacial score (nSPS) is 12.5. The standard InChI is InChI=1S/C44H50F6N10O10/c1-21-7-10-24(11-8-21)57-41(52)22(2)9-13-31(62)58-27(12-14-35(66)67)42(68)55-19-33(64)54-20-34(65)59-29(16-25-36(46)38(48)40(50)39(49)37(25)47)44(70)60-28(15-23-5-3-4-6-26(23)45)43(69)56-18-32(63)53-17-30(51)61/h3-8,10-11,27-29,57H,9,12-20,52H2,1-2H3,(H2,51,61)(H,53,63)(H,54,64)(H,55,68)(H,56,69)(H,58,62)(H,59,65)(H,60,70)(H,66,67)/b41-22+/t27?,28?,29-/m0/s1. The second-order valence-corrected chi connectivity index (χ2v) is 15.4. The summed E-state index contributed by atoms with van der Waals surface area (Å²) in [6, 6.07) is 6.46. The molecule has 0 radical (unpaired) electrons. The van der Waals surface area contributed by atoms with Crippen LogP contribution in [-0.2, 0) is 56.0 Å². The average molecular weight is 993 g/mol. The van der Waals surface area contributed by atoms with E-state index in [4.69, 9.17) is 11.5 Å². The molecule has 26 heteroatoms. The summed E-state index contributed by atoms with van der Waals surface area (Å²) >= 11 is 0. The average Bonchev–Trinajstić information content (AvgIpc) is 3.32. The molecule has 70 heavy (non-hydrogen) atoms. The fraction of sp³-hybridized carbons (Fsp3) is 0.341. The van der Waals surface area contributed by atoms with Gasteiger partial charge >= 0.3 is 5.97 Å². The van der Waals surface area contributed by atoms with Crippen LogP contribution in [0.2, 0.25) is 0 Å². The lowest BCUT2D eigenvalue weighted by molar-refractivity contribution is -0.138. The van der Waals surface area contributed by atoms with E-state index in [0.717, 1.165) is 11.6 Å². The molecule has 0 saturated heterocycles. The molecule has 2 unspecified atom stereocenters. The molecule has 0 aliphatic rings. The van der Waals surface area contributed by atoms with Crippen LogP contribution in [0, 0.1) is 41.8 Å². The Labute approximate surface area is 395 Å². The third-order valence-electron chi connectivity index (χ3n) is 9.94. The molecule has 3 rings (SSSR count). The molecule has 13 N–H and O–H groups in total. The molecule has 378 valence electrons. The van der Waals surface area contributed by atoms with Crippen LogP contribution in [0.15, 0.2) is 59.9 Å². The Bertz CT molecular complexity index is 2470. The van der Waals surface area contributed by atoms with Crippen LogP contribution in [0.25, 0.3) is 0 Å². The first kappa shape index (κ1) is 56.1. The molecule has 0 spiro atoms. The van der Waals surface area contributed by atoms with Gasteiger partial charge in [-0.05, 0) is 56.0 Å². The number of primary amides is 1. The smallest absolute Gasteiger partial charge is 0.303 e. The van der Waals surface area contributed by atoms with Crippen LogP contribution in [0.1, 0.15) is 49.3 Å². The highest BCUT2D eigenvalue weighted by atomic mass is 19.2. The number of hydrogen-bond acceptors (Lipinski definition) is 11. The molecule has 0 aliphatic heterocycles. The molecule has 0 fully saturated rings. The number of benzene rings is 3. The molecule has 3 aromatic carbocycles. The molecule has 3 atom stereocenters. The lowest BCUT2D eigenvalue weighted by Crippen LogP contribution is -2.57. The summed E-state index contributed by atoms with van der Waals surface area (Å²) < 4.78 is 86.8. The van der Waals surface area contributed by atoms with E-state index in [-0.39, 0.29) is 24.2 Å². The third kappa shape index (κ3) is 18.1. The Morgan fingerprint density at radius 2 is 1.07 bits per heavy atom. The summed E-state index contributed by atoms with van der Waals surface area (Å²) in [6.07, 6.45) is -3.21. The Kier molecular flexibility index (Phi) is 21.6. The van der Waals surface area contributed by atoms with Crippen LogP contribution in [0.5, 0.6) is 0 Å². The van der Waals surface area contributed by atoms with Gasteiger partial charge in [-0.2, -0.15) is 0 Å². The van der Waals surface area contributed by atoms with E-state index < -0.39 is 164 Å². The first-order valence-corrected chi connectivity index (χ1v) is 21.0. The number of carboxylic acids is 1. The highest BCUT2D eigenvalue weighted by Gasteiger charge is 2.33. The van der Waals surface area contributed by atoms with E-state index in [1.807, 2.05) is 29.7 Å². The number of carboxylic acid groups (broad SMARTS) is 1. The predicted molar refractivity (Wildman–Crippen MR) is 235 cm³/mol. The van der Waals surface area contributed by atoms with E-state index in [1.54, 1.807) is 19.1 Å². The van der Waals surface area contributed by atoms with Gasteiger partial charge in [0.25, 0.3) is 0 Å². The largest absolute Gasteiger partial charge is 0.481 e. The number of carbonyl (C=O) groups is 9. The number of aliphatic carboxylic acids is 1. The van der Waals surface area contributed by atoms with E-state index in [0.29, 0.717) is 11.3 Å². The van der Waals surface area contributed by atoms with Crippen molar-refractivity contribution in [1.29, 1.82) is 0 Å². The molecule has 3 aromatic rings. The number of carbonyl (C=O) groups excluding carboxylic acids is 8. The van der Waals surface area contributed by atoms with Crippen LogP contribution < -0.4 is 54.0 Å². The quantitative estimate of drug-likeness (QED) is 0.0287. The van der Waals surface area contributed by atoms with Gasteiger partial charge in [-0.3, -0.25) is 43.2 Å². The molecular weight excluding hydrogens is 943 g/mol. The van der Waals surface area contributed by atoms with Crippen LogP contribution in [0.3, 0.4) is 0 Å². The molecule has 20 nitrogen and oxygen atoms in total. The van der Waals surface area contributed by atoms with Gasteiger partial charge in [0.15, 0.2) is 23.3 Å². The van der Waals surface area contributed by atoms with Crippen molar-refractivity contribution < 1.29 is 74.6 Å². The monoisotopic (exact) mass is 992 g/mol. The highest BCUT2D eigenvalue weighted by Crippen LogP contribution is 2.24. The molecular formula is C44H50F6N10O10. The molecule has 8 amide bonds. The summed E-state index contributed by atoms with van der Waals surface area (Å²) in [7, 11) is 0. The maximum absolute atomic E-state index is 14.9. The van der Waals surface area contributed by atoms with Crippen LogP contribution in [-0.4, -0.2) is 103 Å². The maximum atomic E-state index is 14.9. The van der Waals surface area contributed by atoms with Gasteiger partial charge in [-0.25, -0.2) is 26.3 Å². The summed E-state index contributed by atoms with van der Waals surface area (Å²) in [4.78, 5) is 113. The van der Waals surface area contributed by atoms with Crippen molar-refractivity contribution in [1.82, 2.24) is 37.2 Å². The second-order valence-electron chi connectivity index (χ2n) is 15.4. The number of nitrogens with one attached hydrogen (secondary N) is 8. The Balaban J connectivity index is 1.73. The summed E-state index contributed by atoms with van der Waals surface area (Å²) in [6.45, 7) is 0.133. The first-order valence-electron chi connectivity index (χ1n) is 21.0. The van der Waals surface area contributed by atoms with E-state index in [9.17, 15) is 74.6 Å². The number of aryl methyl sites for hydroxylation is 1. The topological polar surface area (TPSA) is 322 Å². The van der Waals surface area contributed by atoms with Crippen molar-refractivity contribution in [2.45, 2.75) is 70.5 Å². The Morgan fingerprint density at radius 1 is 0.557 bits per heavy atom. The van der Waals surface area contributed by atoms with Gasteiger partial charge < -0.3 is 59.1 Å². The SMILES string of the molecule is C/C(CCC(=O)NC(CCC(=O)O)C(=O)NCC(=O)NCC(=O)N[C@@H](Cc1c(F)c(F)c(F)c(F)c1F)C(=O)NC(Cc1ccccc1F)C(=O)NCC(=O)NCC(N)=O)=C(/N)Nc1ccc(C)cc1. The minimum atomic E-state index is -2.55. The number of halogens is 6.